The van der Waals surface area contributed by atoms with Crippen molar-refractivity contribution in [3.05, 3.63) is 35.4 Å². The first kappa shape index (κ1) is 45.5. The van der Waals surface area contributed by atoms with Gasteiger partial charge in [0.1, 0.15) is 5.78 Å². The highest BCUT2D eigenvalue weighted by atomic mass is 16.7. The molecule has 1 spiro atoms. The number of ether oxygens (including phenoxy) is 7. The molecule has 0 amide bonds. The lowest BCUT2D eigenvalue weighted by atomic mass is 9.77. The molecule has 0 saturated carbocycles. The first-order valence-corrected chi connectivity index (χ1v) is 22.0. The average Bonchev–Trinajstić information content (AvgIpc) is 3.92. The third-order valence-electron chi connectivity index (χ3n) is 15.2. The maximum absolute atomic E-state index is 13.6. The molecule has 3 N–H and O–H groups in total. The molecule has 5 fully saturated rings. The van der Waals surface area contributed by atoms with Crippen LogP contribution in [0.25, 0.3) is 0 Å². The van der Waals surface area contributed by atoms with Crippen LogP contribution in [-0.4, -0.2) is 113 Å². The molecule has 58 heavy (non-hydrogen) atoms. The van der Waals surface area contributed by atoms with E-state index in [2.05, 4.69) is 27.7 Å². The molecule has 5 saturated heterocycles. The quantitative estimate of drug-likeness (QED) is 0.184. The maximum Gasteiger partial charge on any atom is 0.337 e. The van der Waals surface area contributed by atoms with Gasteiger partial charge in [0, 0.05) is 50.0 Å². The molecule has 12 heteroatoms. The van der Waals surface area contributed by atoms with Crippen LogP contribution in [-0.2, 0) is 44.4 Å². The number of carbonyl (C=O) groups is 2. The van der Waals surface area contributed by atoms with E-state index in [0.717, 1.165) is 37.7 Å². The number of hydrogen-bond acceptors (Lipinski definition) is 12. The van der Waals surface area contributed by atoms with Crippen LogP contribution in [0, 0.1) is 35.5 Å². The Morgan fingerprint density at radius 2 is 1.74 bits per heavy atom. The Balaban J connectivity index is 1.10. The number of carbonyl (C=O) groups excluding carboxylic acids is 2. The average molecular weight is 817 g/mol. The van der Waals surface area contributed by atoms with Crippen LogP contribution in [0.3, 0.4) is 0 Å². The van der Waals surface area contributed by atoms with Gasteiger partial charge >= 0.3 is 5.97 Å². The Morgan fingerprint density at radius 3 is 2.41 bits per heavy atom. The molecule has 17 unspecified atom stereocenters. The van der Waals surface area contributed by atoms with Gasteiger partial charge in [0.15, 0.2) is 11.6 Å². The molecule has 0 aliphatic carbocycles. The van der Waals surface area contributed by atoms with E-state index in [1.165, 1.54) is 7.11 Å². The summed E-state index contributed by atoms with van der Waals surface area (Å²) < 4.78 is 45.2. The molecule has 328 valence electrons. The van der Waals surface area contributed by atoms with Crippen LogP contribution in [0.1, 0.15) is 129 Å². The largest absolute Gasteiger partial charge is 0.465 e. The van der Waals surface area contributed by atoms with Gasteiger partial charge < -0.3 is 48.5 Å². The molecule has 1 aromatic rings. The van der Waals surface area contributed by atoms with Crippen molar-refractivity contribution in [2.45, 2.75) is 185 Å². The van der Waals surface area contributed by atoms with Gasteiger partial charge in [0.05, 0.1) is 73.2 Å². The number of aliphatic hydroxyl groups is 3. The summed E-state index contributed by atoms with van der Waals surface area (Å²) >= 11 is 0. The molecule has 5 aliphatic rings. The Hall–Kier alpha value is -2.00. The van der Waals surface area contributed by atoms with Gasteiger partial charge in [-0.05, 0) is 81.4 Å². The van der Waals surface area contributed by atoms with Crippen molar-refractivity contribution in [3.8, 4) is 0 Å². The van der Waals surface area contributed by atoms with Crippen molar-refractivity contribution in [1.82, 2.24) is 0 Å². The van der Waals surface area contributed by atoms with Gasteiger partial charge in [-0.2, -0.15) is 0 Å². The van der Waals surface area contributed by atoms with E-state index in [-0.39, 0.29) is 59.8 Å². The maximum atomic E-state index is 13.6. The SMILES string of the molecule is CCC1(C2OC(C3OC(O)(CO)C(C)CC3C)CC2C)CCC(C2(C)CCC3(CC(O)C(C)C(C(C)C(OC)C(C)C(=O)CCc4cccc(C(=O)OC)c4)O3)O2)O1. The van der Waals surface area contributed by atoms with Crippen molar-refractivity contribution >= 4 is 11.8 Å². The zero-order valence-corrected chi connectivity index (χ0v) is 36.6. The predicted molar refractivity (Wildman–Crippen MR) is 216 cm³/mol. The second-order valence-electron chi connectivity index (χ2n) is 19.1. The third kappa shape index (κ3) is 8.71. The van der Waals surface area contributed by atoms with Crippen LogP contribution < -0.4 is 0 Å². The van der Waals surface area contributed by atoms with Gasteiger partial charge in [-0.15, -0.1) is 0 Å². The fraction of sp³-hybridized carbons (Fsp3) is 0.826. The zero-order chi connectivity index (χ0) is 42.4. The number of aliphatic hydroxyl groups excluding tert-OH is 2. The zero-order valence-electron chi connectivity index (χ0n) is 36.6. The lowest BCUT2D eigenvalue weighted by Gasteiger charge is -2.49. The van der Waals surface area contributed by atoms with Crippen LogP contribution in [0.15, 0.2) is 24.3 Å². The van der Waals surface area contributed by atoms with Crippen LogP contribution in [0.5, 0.6) is 0 Å². The topological polar surface area (TPSA) is 159 Å². The number of hydrogen-bond donors (Lipinski definition) is 3. The number of rotatable bonds is 14. The monoisotopic (exact) mass is 817 g/mol. The summed E-state index contributed by atoms with van der Waals surface area (Å²) in [6, 6.07) is 7.16. The number of ketones is 1. The summed E-state index contributed by atoms with van der Waals surface area (Å²) in [4.78, 5) is 25.7. The number of esters is 1. The molecule has 5 heterocycles. The molecule has 12 nitrogen and oxygen atoms in total. The Morgan fingerprint density at radius 1 is 1.00 bits per heavy atom. The summed E-state index contributed by atoms with van der Waals surface area (Å²) in [7, 11) is 2.97. The summed E-state index contributed by atoms with van der Waals surface area (Å²) in [5.74, 6) is -3.63. The second kappa shape index (κ2) is 17.8. The van der Waals surface area contributed by atoms with Gasteiger partial charge in [-0.3, -0.25) is 4.79 Å². The van der Waals surface area contributed by atoms with Crippen molar-refractivity contribution in [3.63, 3.8) is 0 Å². The molecule has 0 radical (unpaired) electrons. The predicted octanol–water partition coefficient (Wildman–Crippen LogP) is 6.18. The number of Topliss-reactive ketones (excluding diaryl/α,β-unsaturated/α-hetero) is 1. The molecule has 17 atom stereocenters. The lowest BCUT2D eigenvalue weighted by molar-refractivity contribution is -0.336. The minimum Gasteiger partial charge on any atom is -0.465 e. The first-order valence-electron chi connectivity index (χ1n) is 22.0. The van der Waals surface area contributed by atoms with Crippen molar-refractivity contribution < 1.29 is 58.1 Å². The fourth-order valence-corrected chi connectivity index (χ4v) is 11.4. The number of aryl methyl sites for hydroxylation is 1. The highest BCUT2D eigenvalue weighted by molar-refractivity contribution is 5.89. The van der Waals surface area contributed by atoms with Crippen molar-refractivity contribution in [1.29, 1.82) is 0 Å². The van der Waals surface area contributed by atoms with Crippen LogP contribution >= 0.6 is 0 Å². The standard InChI is InChI=1S/C46H72O12/c1-11-44(41-27(3)22-36(54-41)38-26(2)21-28(4)46(51,25-47)57-38)18-17-37(55-44)43(8)19-20-45(58-43)24-35(49)30(6)40(56-45)31(7)39(52-9)29(5)34(48)16-15-32-13-12-14-33(23-32)42(50)53-10/h12-14,23,26-31,35-41,47,49,51H,11,15-22,24-25H2,1-10H3. The number of methoxy groups -OCH3 is 2. The molecule has 0 aromatic heterocycles. The molecule has 6 rings (SSSR count). The van der Waals surface area contributed by atoms with E-state index in [1.807, 2.05) is 33.8 Å². The fourth-order valence-electron chi connectivity index (χ4n) is 11.4. The second-order valence-corrected chi connectivity index (χ2v) is 19.1. The summed E-state index contributed by atoms with van der Waals surface area (Å²) in [5.41, 5.74) is 0.163. The summed E-state index contributed by atoms with van der Waals surface area (Å²) in [6.07, 6.45) is 3.86. The highest BCUT2D eigenvalue weighted by Gasteiger charge is 2.62. The number of benzene rings is 1. The molecule has 1 aromatic carbocycles. The molecular formula is C46H72O12. The molecular weight excluding hydrogens is 744 g/mol. The van der Waals surface area contributed by atoms with E-state index < -0.39 is 59.6 Å². The minimum absolute atomic E-state index is 0.0531. The van der Waals surface area contributed by atoms with Gasteiger partial charge in [0.25, 0.3) is 0 Å². The van der Waals surface area contributed by atoms with Crippen LogP contribution in [0.2, 0.25) is 0 Å². The Bertz CT molecular complexity index is 1590. The normalized spacial score (nSPS) is 43.3. The van der Waals surface area contributed by atoms with E-state index in [9.17, 15) is 24.9 Å². The van der Waals surface area contributed by atoms with E-state index in [1.54, 1.807) is 25.3 Å². The first-order chi connectivity index (χ1) is 27.4. The van der Waals surface area contributed by atoms with Gasteiger partial charge in [0.2, 0.25) is 0 Å². The molecule has 5 aliphatic heterocycles. The van der Waals surface area contributed by atoms with E-state index in [0.29, 0.717) is 37.7 Å². The molecule has 0 bridgehead atoms. The van der Waals surface area contributed by atoms with Gasteiger partial charge in [-0.1, -0.05) is 60.6 Å². The summed E-state index contributed by atoms with van der Waals surface area (Å²) in [5, 5.41) is 32.6. The highest BCUT2D eigenvalue weighted by Crippen LogP contribution is 2.55. The van der Waals surface area contributed by atoms with E-state index >= 15 is 0 Å². The van der Waals surface area contributed by atoms with Crippen LogP contribution in [0.4, 0.5) is 0 Å². The Kier molecular flexibility index (Phi) is 13.9. The van der Waals surface area contributed by atoms with Crippen molar-refractivity contribution in [2.24, 2.45) is 35.5 Å². The van der Waals surface area contributed by atoms with Crippen molar-refractivity contribution in [2.75, 3.05) is 20.8 Å². The minimum atomic E-state index is -1.57. The lowest BCUT2D eigenvalue weighted by Crippen LogP contribution is -2.57. The van der Waals surface area contributed by atoms with Gasteiger partial charge in [-0.25, -0.2) is 4.79 Å². The Labute approximate surface area is 346 Å². The smallest absolute Gasteiger partial charge is 0.337 e. The van der Waals surface area contributed by atoms with E-state index in [4.69, 9.17) is 33.2 Å². The summed E-state index contributed by atoms with van der Waals surface area (Å²) in [6.45, 7) is 16.0. The third-order valence-corrected chi connectivity index (χ3v) is 15.2.